The number of hydrogen-bond donors (Lipinski definition) is 1. The van der Waals surface area contributed by atoms with Gasteiger partial charge in [-0.1, -0.05) is 27.7 Å². The standard InChI is InChI=1S/C16H28N4O/c1-11(2)6-9-20-13(5)14(10-17-20)18-16(21)19-8-7-15(19)12(3)4/h10-12,15H,6-9H2,1-5H3,(H,18,21). The molecule has 5 nitrogen and oxygen atoms in total. The Morgan fingerprint density at radius 3 is 2.67 bits per heavy atom. The Morgan fingerprint density at radius 2 is 2.14 bits per heavy atom. The van der Waals surface area contributed by atoms with Crippen LogP contribution in [-0.4, -0.2) is 33.3 Å². The van der Waals surface area contributed by atoms with E-state index in [2.05, 4.69) is 38.1 Å². The summed E-state index contributed by atoms with van der Waals surface area (Å²) < 4.78 is 1.98. The second kappa shape index (κ2) is 6.50. The number of aryl methyl sites for hydroxylation is 1. The van der Waals surface area contributed by atoms with E-state index in [4.69, 9.17) is 0 Å². The van der Waals surface area contributed by atoms with Crippen molar-refractivity contribution in [3.63, 3.8) is 0 Å². The lowest BCUT2D eigenvalue weighted by Crippen LogP contribution is -2.55. The van der Waals surface area contributed by atoms with Crippen molar-refractivity contribution in [3.05, 3.63) is 11.9 Å². The van der Waals surface area contributed by atoms with E-state index in [1.54, 1.807) is 6.20 Å². The number of carbonyl (C=O) groups is 1. The zero-order valence-corrected chi connectivity index (χ0v) is 13.9. The van der Waals surface area contributed by atoms with Crippen LogP contribution in [-0.2, 0) is 6.54 Å². The van der Waals surface area contributed by atoms with Gasteiger partial charge in [-0.25, -0.2) is 4.79 Å². The molecular formula is C16H28N4O. The first-order valence-electron chi connectivity index (χ1n) is 8.00. The topological polar surface area (TPSA) is 50.2 Å². The third-order valence-corrected chi connectivity index (χ3v) is 4.36. The van der Waals surface area contributed by atoms with Gasteiger partial charge < -0.3 is 10.2 Å². The fourth-order valence-corrected chi connectivity index (χ4v) is 2.71. The summed E-state index contributed by atoms with van der Waals surface area (Å²) in [6.07, 6.45) is 3.97. The molecule has 0 spiro atoms. The van der Waals surface area contributed by atoms with Crippen LogP contribution in [0.25, 0.3) is 0 Å². The summed E-state index contributed by atoms with van der Waals surface area (Å²) in [7, 11) is 0. The van der Waals surface area contributed by atoms with Crippen LogP contribution in [0.5, 0.6) is 0 Å². The van der Waals surface area contributed by atoms with Crippen LogP contribution in [0.3, 0.4) is 0 Å². The minimum absolute atomic E-state index is 0.00598. The molecule has 1 atom stereocenters. The lowest BCUT2D eigenvalue weighted by atomic mass is 9.92. The van der Waals surface area contributed by atoms with E-state index in [0.717, 1.165) is 37.3 Å². The molecular weight excluding hydrogens is 264 g/mol. The first kappa shape index (κ1) is 15.9. The van der Waals surface area contributed by atoms with Crippen molar-refractivity contribution in [3.8, 4) is 0 Å². The van der Waals surface area contributed by atoms with E-state index in [1.807, 2.05) is 16.5 Å². The van der Waals surface area contributed by atoms with E-state index in [1.165, 1.54) is 0 Å². The van der Waals surface area contributed by atoms with Gasteiger partial charge >= 0.3 is 6.03 Å². The lowest BCUT2D eigenvalue weighted by Gasteiger charge is -2.43. The molecule has 1 fully saturated rings. The Hall–Kier alpha value is -1.52. The summed E-state index contributed by atoms with van der Waals surface area (Å²) >= 11 is 0. The monoisotopic (exact) mass is 292 g/mol. The number of hydrogen-bond acceptors (Lipinski definition) is 2. The predicted octanol–water partition coefficient (Wildman–Crippen LogP) is 3.50. The van der Waals surface area contributed by atoms with E-state index < -0.39 is 0 Å². The summed E-state index contributed by atoms with van der Waals surface area (Å²) in [6.45, 7) is 12.5. The van der Waals surface area contributed by atoms with Crippen molar-refractivity contribution in [2.75, 3.05) is 11.9 Å². The van der Waals surface area contributed by atoms with Gasteiger partial charge in [-0.2, -0.15) is 5.10 Å². The number of likely N-dealkylation sites (tertiary alicyclic amines) is 1. The van der Waals surface area contributed by atoms with Gasteiger partial charge in [0.15, 0.2) is 0 Å². The Balaban J connectivity index is 1.95. The molecule has 1 N–H and O–H groups in total. The average molecular weight is 292 g/mol. The minimum Gasteiger partial charge on any atom is -0.321 e. The number of aromatic nitrogens is 2. The minimum atomic E-state index is 0.00598. The Morgan fingerprint density at radius 1 is 1.43 bits per heavy atom. The molecule has 1 aliphatic heterocycles. The first-order chi connectivity index (χ1) is 9.90. The van der Waals surface area contributed by atoms with Crippen LogP contribution < -0.4 is 5.32 Å². The predicted molar refractivity (Wildman–Crippen MR) is 85.4 cm³/mol. The van der Waals surface area contributed by atoms with Gasteiger partial charge in [0.2, 0.25) is 0 Å². The van der Waals surface area contributed by atoms with Crippen LogP contribution >= 0.6 is 0 Å². The normalized spacial score (nSPS) is 18.2. The van der Waals surface area contributed by atoms with Crippen LogP contribution in [0.15, 0.2) is 6.20 Å². The van der Waals surface area contributed by atoms with Crippen molar-refractivity contribution in [2.24, 2.45) is 11.8 Å². The highest BCUT2D eigenvalue weighted by atomic mass is 16.2. The molecule has 0 bridgehead atoms. The molecule has 0 aromatic carbocycles. The van der Waals surface area contributed by atoms with Gasteiger partial charge in [-0.3, -0.25) is 4.68 Å². The number of nitrogens with zero attached hydrogens (tertiary/aromatic N) is 3. The van der Waals surface area contributed by atoms with Crippen LogP contribution in [0, 0.1) is 18.8 Å². The largest absolute Gasteiger partial charge is 0.322 e. The lowest BCUT2D eigenvalue weighted by molar-refractivity contribution is 0.0951. The zero-order valence-electron chi connectivity index (χ0n) is 13.9. The zero-order chi connectivity index (χ0) is 15.6. The molecule has 5 heteroatoms. The van der Waals surface area contributed by atoms with Gasteiger partial charge in [0.25, 0.3) is 0 Å². The van der Waals surface area contributed by atoms with Crippen molar-refractivity contribution >= 4 is 11.7 Å². The summed E-state index contributed by atoms with van der Waals surface area (Å²) in [6, 6.07) is 0.382. The summed E-state index contributed by atoms with van der Waals surface area (Å²) in [5.41, 5.74) is 1.86. The third-order valence-electron chi connectivity index (χ3n) is 4.36. The number of rotatable bonds is 5. The molecule has 0 radical (unpaired) electrons. The van der Waals surface area contributed by atoms with Crippen LogP contribution in [0.1, 0.15) is 46.2 Å². The Bertz CT molecular complexity index is 492. The summed E-state index contributed by atoms with van der Waals surface area (Å²) in [5, 5.41) is 7.39. The van der Waals surface area contributed by atoms with E-state index in [-0.39, 0.29) is 6.03 Å². The van der Waals surface area contributed by atoms with E-state index >= 15 is 0 Å². The second-order valence-corrected chi connectivity index (χ2v) is 6.77. The maximum atomic E-state index is 12.3. The van der Waals surface area contributed by atoms with Crippen molar-refractivity contribution in [1.82, 2.24) is 14.7 Å². The number of carbonyl (C=O) groups excluding carboxylic acids is 1. The average Bonchev–Trinajstić information content (AvgIpc) is 2.66. The van der Waals surface area contributed by atoms with Crippen molar-refractivity contribution in [2.45, 2.75) is 60.0 Å². The number of urea groups is 1. The second-order valence-electron chi connectivity index (χ2n) is 6.77. The molecule has 1 aromatic rings. The van der Waals surface area contributed by atoms with Gasteiger partial charge in [0, 0.05) is 19.1 Å². The molecule has 2 amide bonds. The molecule has 2 rings (SSSR count). The molecule has 21 heavy (non-hydrogen) atoms. The number of nitrogens with one attached hydrogen (secondary N) is 1. The highest BCUT2D eigenvalue weighted by Crippen LogP contribution is 2.26. The van der Waals surface area contributed by atoms with Crippen molar-refractivity contribution < 1.29 is 4.79 Å². The van der Waals surface area contributed by atoms with Crippen molar-refractivity contribution in [1.29, 1.82) is 0 Å². The maximum Gasteiger partial charge on any atom is 0.322 e. The fourth-order valence-electron chi connectivity index (χ4n) is 2.71. The number of anilines is 1. The molecule has 1 aromatic heterocycles. The molecule has 0 saturated carbocycles. The molecule has 2 heterocycles. The highest BCUT2D eigenvalue weighted by molar-refractivity contribution is 5.90. The quantitative estimate of drug-likeness (QED) is 0.903. The van der Waals surface area contributed by atoms with Gasteiger partial charge in [0.1, 0.15) is 0 Å². The van der Waals surface area contributed by atoms with Gasteiger partial charge in [-0.05, 0) is 31.6 Å². The Kier molecular flexibility index (Phi) is 4.91. The molecule has 118 valence electrons. The van der Waals surface area contributed by atoms with E-state index in [0.29, 0.717) is 17.9 Å². The molecule has 1 aliphatic rings. The number of amides is 2. The van der Waals surface area contributed by atoms with Crippen LogP contribution in [0.4, 0.5) is 10.5 Å². The SMILES string of the molecule is Cc1c(NC(=O)N2CCC2C(C)C)cnn1CCC(C)C. The molecule has 0 aliphatic carbocycles. The summed E-state index contributed by atoms with van der Waals surface area (Å²) in [4.78, 5) is 14.2. The smallest absolute Gasteiger partial charge is 0.321 e. The Labute approximate surface area is 127 Å². The molecule has 1 unspecified atom stereocenters. The third kappa shape index (κ3) is 3.57. The van der Waals surface area contributed by atoms with E-state index in [9.17, 15) is 4.79 Å². The van der Waals surface area contributed by atoms with Crippen LogP contribution in [0.2, 0.25) is 0 Å². The van der Waals surface area contributed by atoms with Gasteiger partial charge in [-0.15, -0.1) is 0 Å². The van der Waals surface area contributed by atoms with Gasteiger partial charge in [0.05, 0.1) is 17.6 Å². The maximum absolute atomic E-state index is 12.3. The highest BCUT2D eigenvalue weighted by Gasteiger charge is 2.34. The fraction of sp³-hybridized carbons (Fsp3) is 0.750. The first-order valence-corrected chi connectivity index (χ1v) is 8.00. The summed E-state index contributed by atoms with van der Waals surface area (Å²) in [5.74, 6) is 1.17. The molecule has 1 saturated heterocycles.